The molecule has 0 unspecified atom stereocenters. The fourth-order valence-electron chi connectivity index (χ4n) is 6.56. The van der Waals surface area contributed by atoms with Gasteiger partial charge < -0.3 is 20.4 Å². The van der Waals surface area contributed by atoms with Crippen LogP contribution >= 0.6 is 0 Å². The number of fused-ring (bicyclic) bond motifs is 1. The summed E-state index contributed by atoms with van der Waals surface area (Å²) in [5, 5.41) is 23.7. The molecule has 2 aromatic carbocycles. The zero-order valence-electron chi connectivity index (χ0n) is 16.8. The smallest absolute Gasteiger partial charge is 0.139 e. The number of benzene rings is 2. The van der Waals surface area contributed by atoms with Crippen molar-refractivity contribution in [2.24, 2.45) is 5.41 Å². The highest BCUT2D eigenvalue weighted by molar-refractivity contribution is 5.69. The van der Waals surface area contributed by atoms with Crippen molar-refractivity contribution in [1.82, 2.24) is 4.90 Å². The summed E-state index contributed by atoms with van der Waals surface area (Å²) in [6, 6.07) is 11.8. The lowest BCUT2D eigenvalue weighted by Crippen LogP contribution is -2.66. The molecule has 1 aliphatic heterocycles. The van der Waals surface area contributed by atoms with E-state index in [4.69, 9.17) is 0 Å². The van der Waals surface area contributed by atoms with Gasteiger partial charge in [0.2, 0.25) is 0 Å². The van der Waals surface area contributed by atoms with E-state index in [1.54, 1.807) is 12.1 Å². The van der Waals surface area contributed by atoms with Crippen LogP contribution in [0.5, 0.6) is 11.5 Å². The van der Waals surface area contributed by atoms with E-state index in [0.29, 0.717) is 17.2 Å². The van der Waals surface area contributed by atoms with Gasteiger partial charge in [-0.3, -0.25) is 0 Å². The Hall–Kier alpha value is -2.20. The highest BCUT2D eigenvalue weighted by atomic mass is 16.3. The quantitative estimate of drug-likeness (QED) is 0.513. The van der Waals surface area contributed by atoms with E-state index in [-0.39, 0.29) is 11.2 Å². The largest absolute Gasteiger partial charge is 0.508 e. The number of phenols is 2. The van der Waals surface area contributed by atoms with Crippen molar-refractivity contribution in [2.75, 3.05) is 18.9 Å². The van der Waals surface area contributed by atoms with E-state index in [0.717, 1.165) is 24.3 Å². The molecule has 1 heterocycles. The molecular weight excluding hydrogens is 348 g/mol. The maximum Gasteiger partial charge on any atom is 0.139 e. The van der Waals surface area contributed by atoms with Gasteiger partial charge in [-0.1, -0.05) is 19.8 Å². The van der Waals surface area contributed by atoms with Gasteiger partial charge in [0.05, 0.1) is 5.69 Å². The molecule has 0 radical (unpaired) electrons. The van der Waals surface area contributed by atoms with Gasteiger partial charge in [-0.05, 0) is 92.2 Å². The average molecular weight is 379 g/mol. The topological polar surface area (TPSA) is 55.7 Å². The lowest BCUT2D eigenvalue weighted by atomic mass is 9.45. The predicted molar refractivity (Wildman–Crippen MR) is 112 cm³/mol. The van der Waals surface area contributed by atoms with Crippen LogP contribution in [-0.2, 0) is 11.8 Å². The summed E-state index contributed by atoms with van der Waals surface area (Å²) in [6.45, 7) is 3.66. The number of anilines is 2. The number of phenolic OH excluding ortho intramolecular Hbond substituents is 2. The Morgan fingerprint density at radius 3 is 2.57 bits per heavy atom. The first-order valence-electron chi connectivity index (χ1n) is 10.6. The van der Waals surface area contributed by atoms with Gasteiger partial charge in [-0.25, -0.2) is 0 Å². The minimum Gasteiger partial charge on any atom is -0.508 e. The van der Waals surface area contributed by atoms with Crippen molar-refractivity contribution in [1.29, 1.82) is 0 Å². The Labute approximate surface area is 167 Å². The van der Waals surface area contributed by atoms with Gasteiger partial charge in [0.1, 0.15) is 11.5 Å². The van der Waals surface area contributed by atoms with E-state index in [9.17, 15) is 10.2 Å². The fourth-order valence-corrected chi connectivity index (χ4v) is 6.56. The van der Waals surface area contributed by atoms with Crippen LogP contribution < -0.4 is 5.32 Å². The van der Waals surface area contributed by atoms with Crippen molar-refractivity contribution in [3.8, 4) is 11.5 Å². The molecule has 0 aromatic heterocycles. The number of aromatic hydroxyl groups is 2. The maximum absolute atomic E-state index is 10.9. The van der Waals surface area contributed by atoms with Crippen LogP contribution in [0.25, 0.3) is 0 Å². The van der Waals surface area contributed by atoms with E-state index < -0.39 is 0 Å². The molecule has 28 heavy (non-hydrogen) atoms. The summed E-state index contributed by atoms with van der Waals surface area (Å²) in [5.74, 6) is 0.568. The molecule has 2 fully saturated rings. The fraction of sp³-hybridized carbons (Fsp3) is 0.500. The highest BCUT2D eigenvalue weighted by Crippen LogP contribution is 2.63. The molecule has 0 spiro atoms. The number of hydrogen-bond acceptors (Lipinski definition) is 4. The third-order valence-electron chi connectivity index (χ3n) is 8.10. The Morgan fingerprint density at radius 1 is 1.04 bits per heavy atom. The monoisotopic (exact) mass is 378 g/mol. The van der Waals surface area contributed by atoms with E-state index >= 15 is 0 Å². The van der Waals surface area contributed by atoms with Gasteiger partial charge >= 0.3 is 0 Å². The number of nitrogens with one attached hydrogen (secondary N) is 1. The van der Waals surface area contributed by atoms with Crippen LogP contribution in [0, 0.1) is 5.41 Å². The van der Waals surface area contributed by atoms with Crippen LogP contribution in [0.4, 0.5) is 11.4 Å². The second-order valence-corrected chi connectivity index (χ2v) is 9.36. The molecule has 1 saturated heterocycles. The van der Waals surface area contributed by atoms with Gasteiger partial charge in [-0.2, -0.15) is 0 Å². The summed E-state index contributed by atoms with van der Waals surface area (Å²) >= 11 is 0. The van der Waals surface area contributed by atoms with Gasteiger partial charge in [0.15, 0.2) is 0 Å². The first-order chi connectivity index (χ1) is 13.4. The van der Waals surface area contributed by atoms with E-state index in [1.807, 2.05) is 12.1 Å². The third-order valence-corrected chi connectivity index (χ3v) is 8.10. The minimum atomic E-state index is 0.199. The van der Waals surface area contributed by atoms with Crippen molar-refractivity contribution in [3.63, 3.8) is 0 Å². The summed E-state index contributed by atoms with van der Waals surface area (Å²) < 4.78 is 0. The lowest BCUT2D eigenvalue weighted by Gasteiger charge is -2.65. The van der Waals surface area contributed by atoms with E-state index in [2.05, 4.69) is 36.3 Å². The summed E-state index contributed by atoms with van der Waals surface area (Å²) in [4.78, 5) is 2.58. The van der Waals surface area contributed by atoms with E-state index in [1.165, 1.54) is 43.2 Å². The van der Waals surface area contributed by atoms with Crippen LogP contribution in [0.2, 0.25) is 0 Å². The summed E-state index contributed by atoms with van der Waals surface area (Å²) in [6.07, 6.45) is 7.38. The number of likely N-dealkylation sites (N-methyl/N-ethyl adjacent to an activating group) is 1. The van der Waals surface area contributed by atoms with Crippen LogP contribution in [-0.4, -0.2) is 34.7 Å². The first-order valence-corrected chi connectivity index (χ1v) is 10.6. The normalized spacial score (nSPS) is 31.7. The highest BCUT2D eigenvalue weighted by Gasteiger charge is 2.60. The molecule has 2 aromatic rings. The Kier molecular flexibility index (Phi) is 3.92. The Bertz CT molecular complexity index is 910. The molecule has 2 aliphatic carbocycles. The predicted octanol–water partition coefficient (Wildman–Crippen LogP) is 4.92. The lowest BCUT2D eigenvalue weighted by molar-refractivity contribution is -0.0735. The molecule has 4 heteroatoms. The number of likely N-dealkylation sites (tertiary alicyclic amines) is 1. The standard InChI is InChI=1S/C24H30N2O2/c1-23-9-3-4-10-24(23)11-12-26(2)22(23)14-16-13-20(21(28)15-19(16)24)25-17-5-7-18(27)8-6-17/h5-8,13,15,22,25,27-28H,3-4,9-12,14H2,1-2H3/t22-,23+,24+/m0/s1. The van der Waals surface area contributed by atoms with Gasteiger partial charge in [-0.15, -0.1) is 0 Å². The number of nitrogens with zero attached hydrogens (tertiary/aromatic N) is 1. The Balaban J connectivity index is 1.59. The van der Waals surface area contributed by atoms with Crippen LogP contribution in [0.1, 0.15) is 50.2 Å². The first kappa shape index (κ1) is 17.9. The van der Waals surface area contributed by atoms with Crippen LogP contribution in [0.15, 0.2) is 36.4 Å². The molecule has 2 bridgehead atoms. The zero-order valence-corrected chi connectivity index (χ0v) is 16.8. The van der Waals surface area contributed by atoms with Gasteiger partial charge in [0, 0.05) is 17.1 Å². The Morgan fingerprint density at radius 2 is 1.79 bits per heavy atom. The average Bonchev–Trinajstić information content (AvgIpc) is 2.68. The molecule has 4 nitrogen and oxygen atoms in total. The minimum absolute atomic E-state index is 0.199. The molecule has 3 atom stereocenters. The molecule has 1 saturated carbocycles. The molecule has 0 amide bonds. The zero-order chi connectivity index (χ0) is 19.5. The number of hydrogen-bond donors (Lipinski definition) is 3. The molecule has 148 valence electrons. The van der Waals surface area contributed by atoms with Crippen LogP contribution in [0.3, 0.4) is 0 Å². The SMILES string of the molecule is CN1CC[C@@]23CCCC[C@]2(C)[C@@H]1Cc1cc(Nc2ccc(O)cc2)c(O)cc13. The summed E-state index contributed by atoms with van der Waals surface area (Å²) in [5.41, 5.74) is 4.89. The molecular formula is C24H30N2O2. The molecule has 3 aliphatic rings. The number of rotatable bonds is 2. The van der Waals surface area contributed by atoms with Gasteiger partial charge in [0.25, 0.3) is 0 Å². The van der Waals surface area contributed by atoms with Crippen molar-refractivity contribution in [3.05, 3.63) is 47.5 Å². The van der Waals surface area contributed by atoms with Crippen molar-refractivity contribution < 1.29 is 10.2 Å². The van der Waals surface area contributed by atoms with Crippen molar-refractivity contribution >= 4 is 11.4 Å². The second kappa shape index (κ2) is 6.15. The molecule has 5 rings (SSSR count). The maximum atomic E-state index is 10.9. The molecule has 3 N–H and O–H groups in total. The summed E-state index contributed by atoms with van der Waals surface area (Å²) in [7, 11) is 2.29. The van der Waals surface area contributed by atoms with Crippen molar-refractivity contribution in [2.45, 2.75) is 56.9 Å². The second-order valence-electron chi connectivity index (χ2n) is 9.36. The number of piperidine rings is 1. The third kappa shape index (κ3) is 2.40.